The lowest BCUT2D eigenvalue weighted by Gasteiger charge is -2.34. The topological polar surface area (TPSA) is 83.8 Å². The molecule has 2 N–H and O–H groups in total. The highest BCUT2D eigenvalue weighted by Gasteiger charge is 2.36. The van der Waals surface area contributed by atoms with E-state index < -0.39 is 17.4 Å². The molecule has 14 heavy (non-hydrogen) atoms. The van der Waals surface area contributed by atoms with Crippen LogP contribution in [-0.2, 0) is 14.3 Å². The third-order valence-corrected chi connectivity index (χ3v) is 2.61. The van der Waals surface area contributed by atoms with Gasteiger partial charge < -0.3 is 14.9 Å². The molecule has 0 spiro atoms. The Morgan fingerprint density at radius 3 is 1.86 bits per heavy atom. The SMILES string of the molecule is O=C(O)CC1(CC(=O)O)CCOCC1. The molecule has 5 heteroatoms. The van der Waals surface area contributed by atoms with E-state index in [4.69, 9.17) is 14.9 Å². The molecule has 0 aromatic carbocycles. The standard InChI is InChI=1S/C9H14O5/c10-7(11)5-9(6-8(12)13)1-3-14-4-2-9/h1-6H2,(H,10,11)(H,12,13). The molecule has 0 atom stereocenters. The monoisotopic (exact) mass is 202 g/mol. The van der Waals surface area contributed by atoms with Crippen LogP contribution in [0.15, 0.2) is 0 Å². The van der Waals surface area contributed by atoms with E-state index in [9.17, 15) is 9.59 Å². The van der Waals surface area contributed by atoms with Crippen LogP contribution in [0.2, 0.25) is 0 Å². The molecule has 0 unspecified atom stereocenters. The molecule has 1 heterocycles. The van der Waals surface area contributed by atoms with Crippen molar-refractivity contribution in [2.45, 2.75) is 25.7 Å². The number of carboxylic acids is 2. The lowest BCUT2D eigenvalue weighted by Crippen LogP contribution is -2.34. The molecule has 5 nitrogen and oxygen atoms in total. The van der Waals surface area contributed by atoms with Gasteiger partial charge in [0.2, 0.25) is 0 Å². The summed E-state index contributed by atoms with van der Waals surface area (Å²) in [6.45, 7) is 0.918. The Hall–Kier alpha value is -1.10. The highest BCUT2D eigenvalue weighted by Crippen LogP contribution is 2.37. The van der Waals surface area contributed by atoms with Crippen molar-refractivity contribution >= 4 is 11.9 Å². The Balaban J connectivity index is 2.66. The summed E-state index contributed by atoms with van der Waals surface area (Å²) in [7, 11) is 0. The molecule has 0 aliphatic carbocycles. The van der Waals surface area contributed by atoms with Gasteiger partial charge >= 0.3 is 11.9 Å². The predicted octanol–water partition coefficient (Wildman–Crippen LogP) is 0.733. The minimum atomic E-state index is -0.937. The van der Waals surface area contributed by atoms with Crippen LogP contribution in [0, 0.1) is 5.41 Å². The Morgan fingerprint density at radius 1 is 1.07 bits per heavy atom. The van der Waals surface area contributed by atoms with Crippen molar-refractivity contribution in [1.29, 1.82) is 0 Å². The van der Waals surface area contributed by atoms with Crippen LogP contribution in [0.3, 0.4) is 0 Å². The minimum Gasteiger partial charge on any atom is -0.481 e. The number of ether oxygens (including phenoxy) is 1. The number of aliphatic carboxylic acids is 2. The van der Waals surface area contributed by atoms with E-state index in [1.807, 2.05) is 0 Å². The number of carbonyl (C=O) groups is 2. The maximum absolute atomic E-state index is 10.6. The van der Waals surface area contributed by atoms with Crippen molar-refractivity contribution in [3.8, 4) is 0 Å². The van der Waals surface area contributed by atoms with E-state index in [2.05, 4.69) is 0 Å². The van der Waals surface area contributed by atoms with Gasteiger partial charge in [-0.3, -0.25) is 9.59 Å². The van der Waals surface area contributed by atoms with Gasteiger partial charge in [-0.2, -0.15) is 0 Å². The molecule has 1 rings (SSSR count). The van der Waals surface area contributed by atoms with Crippen molar-refractivity contribution in [3.63, 3.8) is 0 Å². The molecule has 0 saturated carbocycles. The third-order valence-electron chi connectivity index (χ3n) is 2.61. The van der Waals surface area contributed by atoms with Crippen LogP contribution >= 0.6 is 0 Å². The third kappa shape index (κ3) is 2.99. The van der Waals surface area contributed by atoms with Gasteiger partial charge in [0.05, 0.1) is 12.8 Å². The first-order valence-electron chi connectivity index (χ1n) is 4.55. The van der Waals surface area contributed by atoms with Crippen LogP contribution in [0.25, 0.3) is 0 Å². The van der Waals surface area contributed by atoms with E-state index in [0.717, 1.165) is 0 Å². The molecule has 1 aliphatic heterocycles. The van der Waals surface area contributed by atoms with Gasteiger partial charge in [-0.1, -0.05) is 0 Å². The van der Waals surface area contributed by atoms with Gasteiger partial charge in [0.25, 0.3) is 0 Å². The minimum absolute atomic E-state index is 0.0807. The van der Waals surface area contributed by atoms with E-state index in [1.165, 1.54) is 0 Å². The molecule has 1 saturated heterocycles. The summed E-state index contributed by atoms with van der Waals surface area (Å²) in [6, 6.07) is 0. The maximum Gasteiger partial charge on any atom is 0.303 e. The van der Waals surface area contributed by atoms with Crippen LogP contribution < -0.4 is 0 Å². The molecule has 0 radical (unpaired) electrons. The van der Waals surface area contributed by atoms with Gasteiger partial charge in [0.1, 0.15) is 0 Å². The average molecular weight is 202 g/mol. The first-order chi connectivity index (χ1) is 6.54. The highest BCUT2D eigenvalue weighted by molar-refractivity contribution is 5.72. The van der Waals surface area contributed by atoms with Crippen molar-refractivity contribution in [2.24, 2.45) is 5.41 Å². The van der Waals surface area contributed by atoms with Crippen molar-refractivity contribution in [1.82, 2.24) is 0 Å². The fourth-order valence-electron chi connectivity index (χ4n) is 1.86. The van der Waals surface area contributed by atoms with E-state index in [0.29, 0.717) is 26.1 Å². The first-order valence-corrected chi connectivity index (χ1v) is 4.55. The molecule has 80 valence electrons. The quantitative estimate of drug-likeness (QED) is 0.702. The summed E-state index contributed by atoms with van der Waals surface area (Å²) >= 11 is 0. The molecule has 0 aromatic heterocycles. The summed E-state index contributed by atoms with van der Waals surface area (Å²) in [5.74, 6) is -1.87. The number of hydrogen-bond donors (Lipinski definition) is 2. The Bertz CT molecular complexity index is 211. The zero-order chi connectivity index (χ0) is 10.6. The second-order valence-electron chi connectivity index (χ2n) is 3.75. The number of carboxylic acid groups (broad SMARTS) is 2. The largest absolute Gasteiger partial charge is 0.481 e. The lowest BCUT2D eigenvalue weighted by molar-refractivity contribution is -0.146. The van der Waals surface area contributed by atoms with E-state index >= 15 is 0 Å². The zero-order valence-electron chi connectivity index (χ0n) is 7.86. The van der Waals surface area contributed by atoms with E-state index in [1.54, 1.807) is 0 Å². The smallest absolute Gasteiger partial charge is 0.303 e. The fraction of sp³-hybridized carbons (Fsp3) is 0.778. The first kappa shape index (κ1) is 11.0. The van der Waals surface area contributed by atoms with Gasteiger partial charge in [-0.25, -0.2) is 0 Å². The Labute approximate surface area is 81.7 Å². The highest BCUT2D eigenvalue weighted by atomic mass is 16.5. The second kappa shape index (κ2) is 4.41. The second-order valence-corrected chi connectivity index (χ2v) is 3.75. The zero-order valence-corrected chi connectivity index (χ0v) is 7.86. The summed E-state index contributed by atoms with van der Waals surface area (Å²) in [5, 5.41) is 17.4. The normalized spacial score (nSPS) is 20.3. The summed E-state index contributed by atoms with van der Waals surface area (Å²) in [4.78, 5) is 21.2. The Kier molecular flexibility index (Phi) is 3.46. The van der Waals surface area contributed by atoms with Gasteiger partial charge in [-0.05, 0) is 18.3 Å². The van der Waals surface area contributed by atoms with Crippen LogP contribution in [0.4, 0.5) is 0 Å². The predicted molar refractivity (Wildman–Crippen MR) is 47.0 cm³/mol. The van der Waals surface area contributed by atoms with Gasteiger partial charge in [0, 0.05) is 13.2 Å². The average Bonchev–Trinajstić information content (AvgIpc) is 2.01. The van der Waals surface area contributed by atoms with E-state index in [-0.39, 0.29) is 12.8 Å². The maximum atomic E-state index is 10.6. The van der Waals surface area contributed by atoms with Crippen molar-refractivity contribution < 1.29 is 24.5 Å². The fourth-order valence-corrected chi connectivity index (χ4v) is 1.86. The molecular weight excluding hydrogens is 188 g/mol. The van der Waals surface area contributed by atoms with Crippen molar-refractivity contribution in [3.05, 3.63) is 0 Å². The van der Waals surface area contributed by atoms with Gasteiger partial charge in [0.15, 0.2) is 0 Å². The van der Waals surface area contributed by atoms with Crippen LogP contribution in [-0.4, -0.2) is 35.4 Å². The van der Waals surface area contributed by atoms with Crippen LogP contribution in [0.5, 0.6) is 0 Å². The number of hydrogen-bond acceptors (Lipinski definition) is 3. The molecule has 0 bridgehead atoms. The molecule has 1 aliphatic rings. The summed E-state index contributed by atoms with van der Waals surface area (Å²) < 4.78 is 5.10. The summed E-state index contributed by atoms with van der Waals surface area (Å²) in [5.41, 5.74) is -0.601. The van der Waals surface area contributed by atoms with Gasteiger partial charge in [-0.15, -0.1) is 0 Å². The van der Waals surface area contributed by atoms with Crippen LogP contribution in [0.1, 0.15) is 25.7 Å². The summed E-state index contributed by atoms with van der Waals surface area (Å²) in [6.07, 6.45) is 0.877. The molecule has 0 amide bonds. The molecule has 0 aromatic rings. The molecular formula is C9H14O5. The molecule has 1 fully saturated rings. The Morgan fingerprint density at radius 2 is 1.50 bits per heavy atom. The lowest BCUT2D eigenvalue weighted by atomic mass is 9.74. The van der Waals surface area contributed by atoms with Crippen molar-refractivity contribution in [2.75, 3.05) is 13.2 Å². The number of rotatable bonds is 4.